The first-order valence-corrected chi connectivity index (χ1v) is 10.8. The standard InChI is InChI=1S/C25H25N5O5/c1-32-19-15-17(16-20(33-2)24(19)34-3)9-11-22(31)26-13-14-35-23-12-10-21-27-28-25(30(21)29-23)18-7-5-4-6-8-18/h4-12,15-16H,13-14H2,1-3H3,(H,26,31)/b11-9+. The van der Waals surface area contributed by atoms with Crippen LogP contribution in [-0.2, 0) is 4.79 Å². The molecule has 0 spiro atoms. The maximum atomic E-state index is 12.2. The molecule has 4 rings (SSSR count). The summed E-state index contributed by atoms with van der Waals surface area (Å²) in [7, 11) is 4.61. The minimum Gasteiger partial charge on any atom is -0.493 e. The Morgan fingerprint density at radius 1 is 0.971 bits per heavy atom. The van der Waals surface area contributed by atoms with E-state index in [1.54, 1.807) is 34.9 Å². The maximum Gasteiger partial charge on any atom is 0.244 e. The Hall–Kier alpha value is -4.60. The minimum absolute atomic E-state index is 0.241. The summed E-state index contributed by atoms with van der Waals surface area (Å²) in [6.07, 6.45) is 3.08. The van der Waals surface area contributed by atoms with Gasteiger partial charge in [-0.25, -0.2) is 0 Å². The van der Waals surface area contributed by atoms with E-state index < -0.39 is 0 Å². The van der Waals surface area contributed by atoms with Crippen LogP contribution in [0.2, 0.25) is 0 Å². The number of benzene rings is 2. The van der Waals surface area contributed by atoms with Gasteiger partial charge in [0.25, 0.3) is 0 Å². The van der Waals surface area contributed by atoms with Crippen LogP contribution in [0.15, 0.2) is 60.7 Å². The van der Waals surface area contributed by atoms with E-state index in [0.717, 1.165) is 11.1 Å². The van der Waals surface area contributed by atoms with Gasteiger partial charge in [0.05, 0.1) is 27.9 Å². The predicted molar refractivity (Wildman–Crippen MR) is 130 cm³/mol. The van der Waals surface area contributed by atoms with Crippen molar-refractivity contribution in [1.29, 1.82) is 0 Å². The van der Waals surface area contributed by atoms with E-state index >= 15 is 0 Å². The molecule has 2 aromatic heterocycles. The van der Waals surface area contributed by atoms with Crippen molar-refractivity contribution in [2.75, 3.05) is 34.5 Å². The Bertz CT molecular complexity index is 1310. The zero-order valence-electron chi connectivity index (χ0n) is 19.6. The molecule has 2 aromatic carbocycles. The van der Waals surface area contributed by atoms with Crippen LogP contribution in [0.5, 0.6) is 23.1 Å². The average Bonchev–Trinajstić information content (AvgIpc) is 3.33. The minimum atomic E-state index is -0.268. The van der Waals surface area contributed by atoms with Gasteiger partial charge >= 0.3 is 0 Å². The second-order valence-corrected chi connectivity index (χ2v) is 7.26. The number of rotatable bonds is 10. The number of methoxy groups -OCH3 is 3. The first-order valence-electron chi connectivity index (χ1n) is 10.8. The summed E-state index contributed by atoms with van der Waals surface area (Å²) in [4.78, 5) is 12.2. The van der Waals surface area contributed by atoms with Crippen LogP contribution in [0.25, 0.3) is 23.1 Å². The van der Waals surface area contributed by atoms with E-state index in [2.05, 4.69) is 20.6 Å². The van der Waals surface area contributed by atoms with Gasteiger partial charge in [-0.15, -0.1) is 15.3 Å². The second-order valence-electron chi connectivity index (χ2n) is 7.26. The molecule has 2 heterocycles. The van der Waals surface area contributed by atoms with Crippen molar-refractivity contribution in [1.82, 2.24) is 25.1 Å². The molecule has 0 radical (unpaired) electrons. The van der Waals surface area contributed by atoms with Crippen LogP contribution in [0.3, 0.4) is 0 Å². The lowest BCUT2D eigenvalue weighted by atomic mass is 10.1. The number of hydrogen-bond donors (Lipinski definition) is 1. The molecule has 0 bridgehead atoms. The highest BCUT2D eigenvalue weighted by Crippen LogP contribution is 2.38. The van der Waals surface area contributed by atoms with E-state index in [4.69, 9.17) is 18.9 Å². The van der Waals surface area contributed by atoms with E-state index in [9.17, 15) is 4.79 Å². The number of nitrogens with one attached hydrogen (secondary N) is 1. The Balaban J connectivity index is 1.33. The smallest absolute Gasteiger partial charge is 0.244 e. The summed E-state index contributed by atoms with van der Waals surface area (Å²) in [5, 5.41) is 15.6. The largest absolute Gasteiger partial charge is 0.493 e. The molecule has 10 nitrogen and oxygen atoms in total. The molecule has 0 aliphatic heterocycles. The molecule has 4 aromatic rings. The summed E-state index contributed by atoms with van der Waals surface area (Å²) in [5.41, 5.74) is 2.24. The molecule has 0 aliphatic rings. The van der Waals surface area contributed by atoms with Crippen LogP contribution in [-0.4, -0.2) is 60.2 Å². The lowest BCUT2D eigenvalue weighted by Crippen LogP contribution is -2.26. The van der Waals surface area contributed by atoms with Crippen LogP contribution >= 0.6 is 0 Å². The van der Waals surface area contributed by atoms with Crippen LogP contribution in [0.1, 0.15) is 5.56 Å². The quantitative estimate of drug-likeness (QED) is 0.275. The van der Waals surface area contributed by atoms with E-state index in [1.165, 1.54) is 27.4 Å². The highest BCUT2D eigenvalue weighted by atomic mass is 16.5. The fourth-order valence-electron chi connectivity index (χ4n) is 3.37. The SMILES string of the molecule is COc1cc(/C=C/C(=O)NCCOc2ccc3nnc(-c4ccccc4)n3n2)cc(OC)c1OC. The van der Waals surface area contributed by atoms with Crippen molar-refractivity contribution < 1.29 is 23.7 Å². The molecule has 10 heteroatoms. The molecule has 0 fully saturated rings. The predicted octanol–water partition coefficient (Wildman–Crippen LogP) is 3.03. The normalized spacial score (nSPS) is 10.9. The van der Waals surface area contributed by atoms with Crippen LogP contribution in [0, 0.1) is 0 Å². The monoisotopic (exact) mass is 475 g/mol. The summed E-state index contributed by atoms with van der Waals surface area (Å²) >= 11 is 0. The topological polar surface area (TPSA) is 109 Å². The van der Waals surface area contributed by atoms with E-state index in [1.807, 2.05) is 30.3 Å². The van der Waals surface area contributed by atoms with Gasteiger partial charge in [-0.05, 0) is 29.8 Å². The van der Waals surface area contributed by atoms with Crippen molar-refractivity contribution in [2.45, 2.75) is 0 Å². The zero-order valence-corrected chi connectivity index (χ0v) is 19.6. The van der Waals surface area contributed by atoms with Gasteiger partial charge in [-0.2, -0.15) is 4.52 Å². The zero-order chi connectivity index (χ0) is 24.6. The molecular formula is C25H25N5O5. The molecule has 0 saturated carbocycles. The highest BCUT2D eigenvalue weighted by Gasteiger charge is 2.12. The Kier molecular flexibility index (Phi) is 7.41. The van der Waals surface area contributed by atoms with Gasteiger partial charge in [0.1, 0.15) is 6.61 Å². The first kappa shape index (κ1) is 23.6. The Morgan fingerprint density at radius 3 is 2.40 bits per heavy atom. The molecule has 1 N–H and O–H groups in total. The third-order valence-corrected chi connectivity index (χ3v) is 5.04. The number of carbonyl (C=O) groups excluding carboxylic acids is 1. The Labute approximate surface area is 202 Å². The van der Waals surface area contributed by atoms with Gasteiger partial charge in [0.2, 0.25) is 17.5 Å². The fraction of sp³-hybridized carbons (Fsp3) is 0.200. The fourth-order valence-corrected chi connectivity index (χ4v) is 3.37. The molecule has 0 aliphatic carbocycles. The van der Waals surface area contributed by atoms with Crippen molar-refractivity contribution in [3.63, 3.8) is 0 Å². The number of ether oxygens (including phenoxy) is 4. The van der Waals surface area contributed by atoms with Crippen molar-refractivity contribution in [3.05, 3.63) is 66.2 Å². The lowest BCUT2D eigenvalue weighted by molar-refractivity contribution is -0.116. The number of aromatic nitrogens is 4. The van der Waals surface area contributed by atoms with Gasteiger partial charge in [-0.3, -0.25) is 4.79 Å². The number of fused-ring (bicyclic) bond motifs is 1. The van der Waals surface area contributed by atoms with E-state index in [0.29, 0.717) is 41.1 Å². The van der Waals surface area contributed by atoms with Crippen molar-refractivity contribution in [2.24, 2.45) is 0 Å². The van der Waals surface area contributed by atoms with Gasteiger partial charge in [-0.1, -0.05) is 30.3 Å². The second kappa shape index (κ2) is 11.0. The third kappa shape index (κ3) is 5.49. The summed E-state index contributed by atoms with van der Waals surface area (Å²) < 4.78 is 23.3. The van der Waals surface area contributed by atoms with Gasteiger partial charge < -0.3 is 24.3 Å². The Morgan fingerprint density at radius 2 is 1.71 bits per heavy atom. The number of carbonyl (C=O) groups is 1. The van der Waals surface area contributed by atoms with Crippen LogP contribution in [0.4, 0.5) is 0 Å². The molecular weight excluding hydrogens is 450 g/mol. The number of amides is 1. The molecule has 1 amide bonds. The molecule has 35 heavy (non-hydrogen) atoms. The maximum absolute atomic E-state index is 12.2. The van der Waals surface area contributed by atoms with Gasteiger partial charge in [0.15, 0.2) is 23.0 Å². The highest BCUT2D eigenvalue weighted by molar-refractivity contribution is 5.91. The molecule has 0 unspecified atom stereocenters. The summed E-state index contributed by atoms with van der Waals surface area (Å²) in [6, 6.07) is 16.7. The lowest BCUT2D eigenvalue weighted by Gasteiger charge is -2.12. The van der Waals surface area contributed by atoms with Gasteiger partial charge in [0, 0.05) is 17.7 Å². The summed E-state index contributed by atoms with van der Waals surface area (Å²) in [6.45, 7) is 0.539. The average molecular weight is 476 g/mol. The summed E-state index contributed by atoms with van der Waals surface area (Å²) in [5.74, 6) is 2.26. The van der Waals surface area contributed by atoms with Crippen molar-refractivity contribution >= 4 is 17.6 Å². The first-order chi connectivity index (χ1) is 17.1. The number of nitrogens with zero attached hydrogens (tertiary/aromatic N) is 4. The van der Waals surface area contributed by atoms with Crippen LogP contribution < -0.4 is 24.3 Å². The third-order valence-electron chi connectivity index (χ3n) is 5.04. The molecule has 0 saturated heterocycles. The number of hydrogen-bond acceptors (Lipinski definition) is 8. The van der Waals surface area contributed by atoms with Crippen molar-refractivity contribution in [3.8, 4) is 34.5 Å². The van der Waals surface area contributed by atoms with E-state index in [-0.39, 0.29) is 12.5 Å². The molecule has 0 atom stereocenters. The molecule has 180 valence electrons.